The fourth-order valence-electron chi connectivity index (χ4n) is 3.94. The van der Waals surface area contributed by atoms with Gasteiger partial charge in [-0.1, -0.05) is 43.0 Å². The van der Waals surface area contributed by atoms with E-state index in [1.165, 1.54) is 44.9 Å². The van der Waals surface area contributed by atoms with E-state index in [-0.39, 0.29) is 5.78 Å². The number of rotatable bonds is 3. The molecular formula is C18H24ClNO. The molecule has 1 aliphatic carbocycles. The number of benzene rings is 1. The first-order chi connectivity index (χ1) is 10.2. The summed E-state index contributed by atoms with van der Waals surface area (Å²) < 4.78 is 0. The van der Waals surface area contributed by atoms with Gasteiger partial charge in [0.25, 0.3) is 0 Å². The molecule has 1 aliphatic heterocycles. The molecule has 0 aromatic heterocycles. The minimum Gasteiger partial charge on any atom is -0.296 e. The summed E-state index contributed by atoms with van der Waals surface area (Å²) in [6, 6.07) is 7.30. The molecule has 0 unspecified atom stereocenters. The lowest BCUT2D eigenvalue weighted by Gasteiger charge is -2.44. The Bertz CT molecular complexity index is 498. The topological polar surface area (TPSA) is 20.3 Å². The van der Waals surface area contributed by atoms with Crippen LogP contribution in [0.2, 0.25) is 5.02 Å². The molecule has 114 valence electrons. The van der Waals surface area contributed by atoms with E-state index < -0.39 is 0 Å². The van der Waals surface area contributed by atoms with Gasteiger partial charge in [0.15, 0.2) is 5.78 Å². The summed E-state index contributed by atoms with van der Waals surface area (Å²) in [4.78, 5) is 14.7. The van der Waals surface area contributed by atoms with Crippen molar-refractivity contribution < 1.29 is 4.79 Å². The van der Waals surface area contributed by atoms with Crippen molar-refractivity contribution in [2.24, 2.45) is 5.41 Å². The molecule has 1 aromatic carbocycles. The average Bonchev–Trinajstić information content (AvgIpc) is 2.51. The first-order valence-electron chi connectivity index (χ1n) is 8.18. The number of hydrogen-bond acceptors (Lipinski definition) is 2. The van der Waals surface area contributed by atoms with E-state index in [0.717, 1.165) is 18.7 Å². The molecule has 1 heterocycles. The molecule has 0 N–H and O–H groups in total. The van der Waals surface area contributed by atoms with Crippen molar-refractivity contribution in [3.63, 3.8) is 0 Å². The first-order valence-corrected chi connectivity index (χ1v) is 8.56. The van der Waals surface area contributed by atoms with Crippen molar-refractivity contribution >= 4 is 17.4 Å². The molecule has 0 amide bonds. The summed E-state index contributed by atoms with van der Waals surface area (Å²) in [6.45, 7) is 2.69. The van der Waals surface area contributed by atoms with Crippen LogP contribution >= 0.6 is 11.6 Å². The highest BCUT2D eigenvalue weighted by atomic mass is 35.5. The van der Waals surface area contributed by atoms with Crippen molar-refractivity contribution in [3.8, 4) is 0 Å². The Hall–Kier alpha value is -0.860. The van der Waals surface area contributed by atoms with Gasteiger partial charge in [-0.3, -0.25) is 9.69 Å². The Morgan fingerprint density at radius 3 is 2.48 bits per heavy atom. The second kappa shape index (κ2) is 6.50. The number of Topliss-reactive ketones (excluding diaryl/α,β-unsaturated/α-hetero) is 1. The summed E-state index contributed by atoms with van der Waals surface area (Å²) in [6.07, 6.45) is 9.58. The molecule has 0 bridgehead atoms. The van der Waals surface area contributed by atoms with Gasteiger partial charge in [0.2, 0.25) is 0 Å². The molecule has 1 saturated heterocycles. The average molecular weight is 306 g/mol. The normalized spacial score (nSPS) is 22.3. The van der Waals surface area contributed by atoms with Crippen LogP contribution in [0, 0.1) is 5.41 Å². The number of hydrogen-bond donors (Lipinski definition) is 0. The van der Waals surface area contributed by atoms with Crippen LogP contribution in [-0.4, -0.2) is 30.3 Å². The third-order valence-electron chi connectivity index (χ3n) is 5.34. The minimum absolute atomic E-state index is 0.192. The molecule has 2 nitrogen and oxygen atoms in total. The van der Waals surface area contributed by atoms with Gasteiger partial charge in [0.1, 0.15) is 0 Å². The Morgan fingerprint density at radius 1 is 1.10 bits per heavy atom. The van der Waals surface area contributed by atoms with E-state index >= 15 is 0 Å². The Balaban J connectivity index is 1.54. The summed E-state index contributed by atoms with van der Waals surface area (Å²) in [5, 5.41) is 0.639. The number of piperidine rings is 1. The highest BCUT2D eigenvalue weighted by Gasteiger charge is 2.35. The van der Waals surface area contributed by atoms with Crippen molar-refractivity contribution in [1.82, 2.24) is 4.90 Å². The van der Waals surface area contributed by atoms with E-state index in [9.17, 15) is 4.79 Å². The molecule has 21 heavy (non-hydrogen) atoms. The quantitative estimate of drug-likeness (QED) is 0.762. The zero-order chi connectivity index (χ0) is 14.7. The van der Waals surface area contributed by atoms with Gasteiger partial charge in [0, 0.05) is 10.6 Å². The number of ketones is 1. The van der Waals surface area contributed by atoms with E-state index in [4.69, 9.17) is 11.6 Å². The zero-order valence-corrected chi connectivity index (χ0v) is 13.4. The summed E-state index contributed by atoms with van der Waals surface area (Å²) in [5.41, 5.74) is 1.34. The van der Waals surface area contributed by atoms with Crippen LogP contribution in [-0.2, 0) is 0 Å². The fraction of sp³-hybridized carbons (Fsp3) is 0.611. The number of carbonyl (C=O) groups excluding carboxylic acids is 1. The molecule has 0 radical (unpaired) electrons. The monoisotopic (exact) mass is 305 g/mol. The van der Waals surface area contributed by atoms with Gasteiger partial charge >= 0.3 is 0 Å². The standard InChI is InChI=1S/C18H24ClNO/c19-16-6-4-5-15(13-16)17(21)14-20-11-9-18(10-12-20)7-2-1-3-8-18/h4-6,13H,1-3,7-12,14H2. The second-order valence-corrected chi connectivity index (χ2v) is 7.21. The van der Waals surface area contributed by atoms with Gasteiger partial charge < -0.3 is 0 Å². The van der Waals surface area contributed by atoms with E-state index in [1.807, 2.05) is 18.2 Å². The van der Waals surface area contributed by atoms with Gasteiger partial charge in [0.05, 0.1) is 6.54 Å². The number of carbonyl (C=O) groups is 1. The molecule has 1 aromatic rings. The molecule has 3 rings (SSSR count). The van der Waals surface area contributed by atoms with Crippen LogP contribution in [0.1, 0.15) is 55.3 Å². The fourth-order valence-corrected chi connectivity index (χ4v) is 4.13. The molecule has 2 aliphatic rings. The van der Waals surface area contributed by atoms with E-state index in [2.05, 4.69) is 4.90 Å². The SMILES string of the molecule is O=C(CN1CCC2(CCCCC2)CC1)c1cccc(Cl)c1. The zero-order valence-electron chi connectivity index (χ0n) is 12.6. The predicted molar refractivity (Wildman–Crippen MR) is 87.0 cm³/mol. The maximum atomic E-state index is 12.3. The predicted octanol–water partition coefficient (Wildman–Crippen LogP) is 4.57. The number of likely N-dealkylation sites (tertiary alicyclic amines) is 1. The van der Waals surface area contributed by atoms with Gasteiger partial charge in [-0.25, -0.2) is 0 Å². The molecular weight excluding hydrogens is 282 g/mol. The van der Waals surface area contributed by atoms with Crippen molar-refractivity contribution in [1.29, 1.82) is 0 Å². The second-order valence-electron chi connectivity index (χ2n) is 6.77. The highest BCUT2D eigenvalue weighted by Crippen LogP contribution is 2.44. The van der Waals surface area contributed by atoms with Crippen LogP contribution in [0.5, 0.6) is 0 Å². The maximum absolute atomic E-state index is 12.3. The number of halogens is 1. The minimum atomic E-state index is 0.192. The number of nitrogens with zero attached hydrogens (tertiary/aromatic N) is 1. The first kappa shape index (κ1) is 15.1. The van der Waals surface area contributed by atoms with Crippen LogP contribution < -0.4 is 0 Å². The van der Waals surface area contributed by atoms with Crippen LogP contribution in [0.15, 0.2) is 24.3 Å². The summed E-state index contributed by atoms with van der Waals surface area (Å²) in [5.74, 6) is 0.192. The van der Waals surface area contributed by atoms with Crippen LogP contribution in [0.25, 0.3) is 0 Å². The van der Waals surface area contributed by atoms with E-state index in [1.54, 1.807) is 6.07 Å². The molecule has 3 heteroatoms. The molecule has 0 atom stereocenters. The van der Waals surface area contributed by atoms with Gasteiger partial charge in [-0.2, -0.15) is 0 Å². The van der Waals surface area contributed by atoms with Gasteiger partial charge in [-0.05, 0) is 56.3 Å². The van der Waals surface area contributed by atoms with E-state index in [0.29, 0.717) is 17.0 Å². The largest absolute Gasteiger partial charge is 0.296 e. The smallest absolute Gasteiger partial charge is 0.176 e. The maximum Gasteiger partial charge on any atom is 0.176 e. The van der Waals surface area contributed by atoms with Crippen LogP contribution in [0.3, 0.4) is 0 Å². The highest BCUT2D eigenvalue weighted by molar-refractivity contribution is 6.31. The molecule has 1 spiro atoms. The third-order valence-corrected chi connectivity index (χ3v) is 5.58. The summed E-state index contributed by atoms with van der Waals surface area (Å²) in [7, 11) is 0. The molecule has 2 fully saturated rings. The lowest BCUT2D eigenvalue weighted by atomic mass is 9.68. The Morgan fingerprint density at radius 2 is 1.81 bits per heavy atom. The lowest BCUT2D eigenvalue weighted by molar-refractivity contribution is 0.0611. The van der Waals surface area contributed by atoms with Gasteiger partial charge in [-0.15, -0.1) is 0 Å². The van der Waals surface area contributed by atoms with Crippen molar-refractivity contribution in [3.05, 3.63) is 34.9 Å². The Kier molecular flexibility index (Phi) is 4.66. The molecule has 1 saturated carbocycles. The Labute approximate surface area is 132 Å². The van der Waals surface area contributed by atoms with Crippen molar-refractivity contribution in [2.75, 3.05) is 19.6 Å². The van der Waals surface area contributed by atoms with Crippen molar-refractivity contribution in [2.45, 2.75) is 44.9 Å². The lowest BCUT2D eigenvalue weighted by Crippen LogP contribution is -2.43. The summed E-state index contributed by atoms with van der Waals surface area (Å²) >= 11 is 5.96. The van der Waals surface area contributed by atoms with Crippen LogP contribution in [0.4, 0.5) is 0 Å². The third kappa shape index (κ3) is 3.67.